The summed E-state index contributed by atoms with van der Waals surface area (Å²) in [5.41, 5.74) is -0.0449. The average Bonchev–Trinajstić information content (AvgIpc) is 1.51. The molecule has 6 heterocycles. The summed E-state index contributed by atoms with van der Waals surface area (Å²) in [5.74, 6) is -4.24. The second-order valence-electron chi connectivity index (χ2n) is 19.8. The first-order valence-corrected chi connectivity index (χ1v) is 27.9. The van der Waals surface area contributed by atoms with E-state index in [1.165, 1.54) is 72.3 Å². The Morgan fingerprint density at radius 2 is 0.953 bits per heavy atom. The molecule has 4 aromatic carbocycles. The molecular weight excluding hydrogens is 1270 g/mol. The lowest BCUT2D eigenvalue weighted by molar-refractivity contribution is -0.212. The third-order valence-corrected chi connectivity index (χ3v) is 15.9. The Hall–Kier alpha value is -6.80. The molecule has 0 bridgehead atoms. The normalized spacial score (nSPS) is 22.3. The highest BCUT2D eigenvalue weighted by atomic mass is 35.5. The van der Waals surface area contributed by atoms with Gasteiger partial charge in [-0.1, -0.05) is 80.0 Å². The van der Waals surface area contributed by atoms with E-state index in [-0.39, 0.29) is 90.4 Å². The predicted molar refractivity (Wildman–Crippen MR) is 298 cm³/mol. The van der Waals surface area contributed by atoms with E-state index in [1.54, 1.807) is 13.8 Å². The van der Waals surface area contributed by atoms with Gasteiger partial charge < -0.3 is 49.2 Å². The van der Waals surface area contributed by atoms with Crippen molar-refractivity contribution in [3.05, 3.63) is 150 Å². The number of amides is 2. The van der Waals surface area contributed by atoms with Gasteiger partial charge in [-0.3, -0.25) is 0 Å². The second kappa shape index (κ2) is 25.5. The third-order valence-electron chi connectivity index (χ3n) is 14.1. The number of halogens is 10. The number of aromatic nitrogens is 12. The Balaban J connectivity index is 0.961. The van der Waals surface area contributed by atoms with Gasteiger partial charge in [0, 0.05) is 48.4 Å². The molecule has 4 N–H and O–H groups in total. The molecule has 0 spiro atoms. The number of aliphatic hydroxyl groups is 4. The van der Waals surface area contributed by atoms with Gasteiger partial charge >= 0.3 is 12.2 Å². The SMILES string of the molecule is Cc1nc([C@H]2O[C@@H](CO)[C@@H](O)[C@@H](n3cc(-c4cc(F)c(Cl)c(F)c4)nn3)[C@@H]2OC(=O)N(C)CCN(C)C(=O)O[C@@H]2[C@@H](n3cc(-c4cc(F)c(Cl)c(F)c4)nn3)[C@@H](O)[C@@H](CO)O[C@H]2c2nc(C)nn2-c2cc(Cl)ccc2Cl)n(-c2cc(Cl)ccc2Cl)n1. The van der Waals surface area contributed by atoms with Crippen LogP contribution in [0.3, 0.4) is 0 Å². The molecule has 454 valence electrons. The molecule has 2 aliphatic heterocycles. The van der Waals surface area contributed by atoms with E-state index in [1.807, 2.05) is 0 Å². The minimum atomic E-state index is -1.75. The Labute approximate surface area is 513 Å². The molecular formula is C52H46Cl6F4N14O10. The largest absolute Gasteiger partial charge is 0.440 e. The number of hydrogen-bond donors (Lipinski definition) is 4. The summed E-state index contributed by atoms with van der Waals surface area (Å²) in [6.07, 6.45) is -12.6. The van der Waals surface area contributed by atoms with E-state index < -0.39 is 120 Å². The maximum atomic E-state index is 14.7. The summed E-state index contributed by atoms with van der Waals surface area (Å²) in [6, 6.07) is 9.58. The van der Waals surface area contributed by atoms with Crippen molar-refractivity contribution in [1.82, 2.24) is 69.3 Å². The third kappa shape index (κ3) is 12.4. The number of ether oxygens (including phenoxy) is 4. The van der Waals surface area contributed by atoms with Crippen LogP contribution in [0.15, 0.2) is 73.1 Å². The van der Waals surface area contributed by atoms with Crippen LogP contribution in [0.2, 0.25) is 30.1 Å². The molecule has 2 aliphatic rings. The minimum absolute atomic E-state index is 0.0650. The van der Waals surface area contributed by atoms with Crippen molar-refractivity contribution in [2.24, 2.45) is 0 Å². The maximum Gasteiger partial charge on any atom is 0.410 e. The quantitative estimate of drug-likeness (QED) is 0.0557. The lowest BCUT2D eigenvalue weighted by atomic mass is 9.91. The molecule has 34 heteroatoms. The van der Waals surface area contributed by atoms with Crippen molar-refractivity contribution in [3.63, 3.8) is 0 Å². The van der Waals surface area contributed by atoms with E-state index in [0.29, 0.717) is 0 Å². The number of hydrogen-bond acceptors (Lipinski definition) is 18. The van der Waals surface area contributed by atoms with Crippen molar-refractivity contribution in [2.75, 3.05) is 40.4 Å². The molecule has 0 radical (unpaired) electrons. The van der Waals surface area contributed by atoms with Gasteiger partial charge in [-0.15, -0.1) is 10.2 Å². The van der Waals surface area contributed by atoms with Crippen LogP contribution in [0.1, 0.15) is 47.6 Å². The molecule has 8 aromatic rings. The number of nitrogens with zero attached hydrogens (tertiary/aromatic N) is 14. The maximum absolute atomic E-state index is 14.7. The molecule has 10 atom stereocenters. The first-order valence-electron chi connectivity index (χ1n) is 25.6. The van der Waals surface area contributed by atoms with Crippen LogP contribution in [-0.4, -0.2) is 179 Å². The van der Waals surface area contributed by atoms with Crippen LogP contribution in [-0.2, 0) is 18.9 Å². The molecule has 2 fully saturated rings. The summed E-state index contributed by atoms with van der Waals surface area (Å²) >= 11 is 37.6. The standard InChI is InChI=1S/C52H46Cl6F4N14O10/c1-21-63-49(75(67-21)35-15-25(53)5-7-27(35)55)47-45(41(43(79)37(19-77)83-47)73-17-33(65-69-73)23-11-29(59)39(57)30(60)12-23)85-51(81)71(3)9-10-72(4)52(82)86-46-42(74-18-34(66-70-74)24-13-31(61)40(58)32(62)14-24)44(80)38(20-78)84-48(46)50-64-22(2)68-76(50)36-16-26(54)6-8-28(36)56/h5-8,11-18,37-38,41-48,77-80H,9-10,19-20H2,1-4H3/t37-,38+,41+,42-,43+,44-,45-,46+,47-,48+. The highest BCUT2D eigenvalue weighted by Crippen LogP contribution is 2.44. The highest BCUT2D eigenvalue weighted by Gasteiger charge is 2.53. The zero-order valence-corrected chi connectivity index (χ0v) is 49.3. The Bertz CT molecular complexity index is 3570. The summed E-state index contributed by atoms with van der Waals surface area (Å²) in [6.45, 7) is 0.813. The smallest absolute Gasteiger partial charge is 0.410 e. The molecule has 0 saturated carbocycles. The van der Waals surface area contributed by atoms with Crippen molar-refractivity contribution >= 4 is 81.8 Å². The van der Waals surface area contributed by atoms with Gasteiger partial charge in [-0.2, -0.15) is 10.2 Å². The predicted octanol–water partition coefficient (Wildman–Crippen LogP) is 8.10. The van der Waals surface area contributed by atoms with Crippen LogP contribution in [0.25, 0.3) is 33.9 Å². The zero-order valence-electron chi connectivity index (χ0n) is 44.8. The van der Waals surface area contributed by atoms with Crippen LogP contribution in [0.5, 0.6) is 0 Å². The van der Waals surface area contributed by atoms with Crippen LogP contribution >= 0.6 is 69.6 Å². The van der Waals surface area contributed by atoms with Crippen LogP contribution in [0.4, 0.5) is 27.2 Å². The topological polar surface area (TPSA) is 281 Å². The monoisotopic (exact) mass is 1310 g/mol. The minimum Gasteiger partial charge on any atom is -0.440 e. The molecule has 2 amide bonds. The highest BCUT2D eigenvalue weighted by molar-refractivity contribution is 6.35. The molecule has 0 aliphatic carbocycles. The summed E-state index contributed by atoms with van der Waals surface area (Å²) in [7, 11) is 2.61. The molecule has 10 rings (SSSR count). The molecule has 0 unspecified atom stereocenters. The number of benzene rings is 4. The fourth-order valence-corrected chi connectivity index (χ4v) is 10.7. The summed E-state index contributed by atoms with van der Waals surface area (Å²) < 4.78 is 88.6. The van der Waals surface area contributed by atoms with E-state index in [9.17, 15) is 47.6 Å². The molecule has 4 aromatic heterocycles. The van der Waals surface area contributed by atoms with Gasteiger partial charge in [-0.05, 0) is 74.5 Å². The first-order chi connectivity index (χ1) is 40.9. The van der Waals surface area contributed by atoms with E-state index in [0.717, 1.165) is 43.4 Å². The van der Waals surface area contributed by atoms with Crippen molar-refractivity contribution in [2.45, 2.75) is 74.8 Å². The second-order valence-corrected chi connectivity index (χ2v) is 22.2. The number of carbonyl (C=O) groups is 2. The lowest BCUT2D eigenvalue weighted by Gasteiger charge is -2.43. The number of aliphatic hydroxyl groups excluding tert-OH is 4. The number of likely N-dealkylation sites (N-methyl/N-ethyl adjacent to an activating group) is 2. The number of rotatable bonds is 15. The average molecular weight is 1320 g/mol. The molecule has 86 heavy (non-hydrogen) atoms. The van der Waals surface area contributed by atoms with Gasteiger partial charge in [-0.25, -0.2) is 55.8 Å². The van der Waals surface area contributed by atoms with Crippen molar-refractivity contribution in [1.29, 1.82) is 0 Å². The van der Waals surface area contributed by atoms with Gasteiger partial charge in [0.25, 0.3) is 0 Å². The van der Waals surface area contributed by atoms with E-state index in [4.69, 9.17) is 88.6 Å². The fraction of sp³-hybridized carbons (Fsp3) is 0.346. The number of aryl methyl sites for hydroxylation is 2. The molecule has 2 saturated heterocycles. The van der Waals surface area contributed by atoms with Gasteiger partial charge in [0.1, 0.15) is 92.9 Å². The van der Waals surface area contributed by atoms with E-state index in [2.05, 4.69) is 40.8 Å². The zero-order chi connectivity index (χ0) is 61.7. The van der Waals surface area contributed by atoms with Gasteiger partial charge in [0.05, 0.1) is 47.0 Å². The molecule has 24 nitrogen and oxygen atoms in total. The fourth-order valence-electron chi connectivity index (χ4n) is 9.77. The Kier molecular flexibility index (Phi) is 18.5. The number of carbonyl (C=O) groups excluding carboxylic acids is 2. The van der Waals surface area contributed by atoms with Crippen molar-refractivity contribution < 1.29 is 66.5 Å². The lowest BCUT2D eigenvalue weighted by Crippen LogP contribution is -2.55. The van der Waals surface area contributed by atoms with Crippen molar-refractivity contribution in [3.8, 4) is 33.9 Å². The summed E-state index contributed by atoms with van der Waals surface area (Å²) in [5, 5.41) is 69.9. The first kappa shape index (κ1) is 62.3. The summed E-state index contributed by atoms with van der Waals surface area (Å²) in [4.78, 5) is 40.4. The van der Waals surface area contributed by atoms with E-state index >= 15 is 0 Å². The Morgan fingerprint density at radius 1 is 0.593 bits per heavy atom. The van der Waals surface area contributed by atoms with Crippen LogP contribution < -0.4 is 0 Å². The Morgan fingerprint density at radius 3 is 1.30 bits per heavy atom. The van der Waals surface area contributed by atoms with Gasteiger partial charge in [0.15, 0.2) is 36.1 Å². The van der Waals surface area contributed by atoms with Crippen LogP contribution in [0, 0.1) is 37.1 Å². The van der Waals surface area contributed by atoms with Gasteiger partial charge in [0.2, 0.25) is 0 Å².